The van der Waals surface area contributed by atoms with E-state index in [0.29, 0.717) is 16.9 Å². The maximum atomic E-state index is 14.1. The van der Waals surface area contributed by atoms with Crippen molar-refractivity contribution < 1.29 is 207 Å². The molecule has 0 rings (SSSR count). The van der Waals surface area contributed by atoms with Gasteiger partial charge in [0, 0.05) is 31.4 Å². The molecule has 0 radical (unpaired) electrons. The molecule has 0 amide bonds. The summed E-state index contributed by atoms with van der Waals surface area (Å²) in [5.41, 5.74) is -24.5. The molecular weight excluding hydrogens is 1250 g/mol. The Kier molecular flexibility index (Phi) is 41.0. The number of thiol groups is 1. The van der Waals surface area contributed by atoms with Gasteiger partial charge in [-0.2, -0.15) is 130 Å². The number of likely N-dealkylation sites (N-methyl/N-ethyl adjacent to an activating group) is 2. The zero-order chi connectivity index (χ0) is 57.9. The average Bonchev–Trinajstić information content (AvgIpc) is 3.08. The van der Waals surface area contributed by atoms with Crippen molar-refractivity contribution in [3.05, 3.63) is 0 Å². The summed E-state index contributed by atoms with van der Waals surface area (Å²) in [5, 5.41) is 18.9. The van der Waals surface area contributed by atoms with Gasteiger partial charge in [0.05, 0.1) is 48.2 Å². The molecule has 5 N–H and O–H groups in total. The van der Waals surface area contributed by atoms with Gasteiger partial charge in [0.2, 0.25) is 0 Å². The molecule has 464 valence electrons. The number of nitrogens with zero attached hydrogens (tertiary/aromatic N) is 2. The standard InChI is InChI=1S/C18H26F14NOS.C12H12F14S.C6H15ClNO.2ClH.Na.2H2O/c1-33(2,3)9-12(34)10-35-6-4-5-11(7-13(19,15(21,22)23)16(24,25)26)8-14(20,17(27,28)29)18(30,31)32;13-7(9(15,16)17,10(18,19)20)4-6(2-1-3-27)5-8(14,11(21,22)23)12(24,25)26;1-8(2,3)5-6(9)4-7;;;;;/h11-12,34H,4-10H2,1-3H3;6,27H,1-5H2;6,9H,4-5H2,1-3H3;2*1H;;2*1H2/q+1;;+1;;;+1;;/p-3. The monoisotopic (exact) mass is 1300 g/mol. The van der Waals surface area contributed by atoms with Gasteiger partial charge in [-0.1, -0.05) is 0 Å². The summed E-state index contributed by atoms with van der Waals surface area (Å²) in [7, 11) is 11.2. The van der Waals surface area contributed by atoms with Gasteiger partial charge in [-0.25, -0.2) is 17.6 Å². The molecule has 0 bridgehead atoms. The summed E-state index contributed by atoms with van der Waals surface area (Å²) in [6.07, 6.45) is -70.0. The van der Waals surface area contributed by atoms with Gasteiger partial charge < -0.3 is 54.9 Å². The summed E-state index contributed by atoms with van der Waals surface area (Å²) < 4.78 is 361. The van der Waals surface area contributed by atoms with Crippen LogP contribution in [-0.4, -0.2) is 193 Å². The third-order valence-corrected chi connectivity index (χ3v) is 11.4. The number of thioether (sulfide) groups is 1. The molecule has 0 aliphatic carbocycles. The van der Waals surface area contributed by atoms with Crippen molar-refractivity contribution >= 4 is 36.0 Å². The third kappa shape index (κ3) is 29.6. The van der Waals surface area contributed by atoms with Crippen LogP contribution in [0.3, 0.4) is 0 Å². The quantitative estimate of drug-likeness (QED) is 0.0385. The van der Waals surface area contributed by atoms with Gasteiger partial charge in [0.25, 0.3) is 22.7 Å². The molecule has 2 unspecified atom stereocenters. The van der Waals surface area contributed by atoms with Gasteiger partial charge in [0.15, 0.2) is 0 Å². The van der Waals surface area contributed by atoms with E-state index in [4.69, 9.17) is 16.7 Å². The molecule has 0 heterocycles. The predicted molar refractivity (Wildman–Crippen MR) is 213 cm³/mol. The molecular formula is C36H56Cl3F28N2NaO4S2. The molecule has 76 heavy (non-hydrogen) atoms. The van der Waals surface area contributed by atoms with E-state index in [0.717, 1.165) is 16.2 Å². The zero-order valence-corrected chi connectivity index (χ0v) is 46.5. The van der Waals surface area contributed by atoms with E-state index >= 15 is 0 Å². The number of rotatable bonds is 22. The molecule has 40 heteroatoms. The van der Waals surface area contributed by atoms with E-state index in [2.05, 4.69) is 12.6 Å². The van der Waals surface area contributed by atoms with Crippen LogP contribution in [0.15, 0.2) is 0 Å². The van der Waals surface area contributed by atoms with Gasteiger partial charge in [-0.15, -0.1) is 11.6 Å². The minimum absolute atomic E-state index is 0. The number of halogens is 31. The molecule has 0 aromatic rings. The smallest absolute Gasteiger partial charge is 1.00 e. The van der Waals surface area contributed by atoms with Gasteiger partial charge in [0.1, 0.15) is 25.3 Å². The first-order valence-corrected chi connectivity index (χ1v) is 22.1. The molecule has 0 fully saturated rings. The van der Waals surface area contributed by atoms with Crippen molar-refractivity contribution in [1.29, 1.82) is 0 Å². The molecule has 6 nitrogen and oxygen atoms in total. The zero-order valence-electron chi connectivity index (χ0n) is 40.5. The van der Waals surface area contributed by atoms with E-state index in [1.165, 1.54) is 0 Å². The maximum Gasteiger partial charge on any atom is 1.00 e. The van der Waals surface area contributed by atoms with Gasteiger partial charge in [-0.3, -0.25) is 0 Å². The molecule has 0 aromatic heterocycles. The van der Waals surface area contributed by atoms with E-state index < -0.39 is 141 Å². The van der Waals surface area contributed by atoms with E-state index in [9.17, 15) is 128 Å². The number of hydrogen-bond donors (Lipinski definition) is 3. The molecule has 0 aliphatic heterocycles. The first-order chi connectivity index (χ1) is 30.8. The average molecular weight is 1310 g/mol. The largest absolute Gasteiger partial charge is 1.00 e. The first kappa shape index (κ1) is 92.8. The fourth-order valence-corrected chi connectivity index (χ4v) is 7.35. The molecule has 2 atom stereocenters. The normalized spacial score (nSPS) is 14.8. The van der Waals surface area contributed by atoms with Crippen LogP contribution in [0.5, 0.6) is 0 Å². The Labute approximate surface area is 467 Å². The van der Waals surface area contributed by atoms with Gasteiger partial charge >= 0.3 is 79.0 Å². The Morgan fingerprint density at radius 3 is 0.816 bits per heavy atom. The van der Waals surface area contributed by atoms with E-state index in [1.54, 1.807) is 21.1 Å². The summed E-state index contributed by atoms with van der Waals surface area (Å²) in [6, 6.07) is 0. The second-order valence-corrected chi connectivity index (χ2v) is 20.1. The summed E-state index contributed by atoms with van der Waals surface area (Å²) >= 11 is 9.73. The minimum atomic E-state index is -6.73. The summed E-state index contributed by atoms with van der Waals surface area (Å²) in [5.74, 6) is -6.11. The second kappa shape index (κ2) is 33.6. The molecule has 0 saturated heterocycles. The Morgan fingerprint density at radius 1 is 0.434 bits per heavy atom. The van der Waals surface area contributed by atoms with Crippen molar-refractivity contribution in [2.75, 3.05) is 78.5 Å². The number of quaternary nitrogens is 2. The summed E-state index contributed by atoms with van der Waals surface area (Å²) in [4.78, 5) is 0. The van der Waals surface area contributed by atoms with Crippen molar-refractivity contribution in [2.24, 2.45) is 11.8 Å². The Morgan fingerprint density at radius 2 is 0.645 bits per heavy atom. The first-order valence-electron chi connectivity index (χ1n) is 19.8. The summed E-state index contributed by atoms with van der Waals surface area (Å²) in [6.45, 7) is 0.933. The Bertz CT molecular complexity index is 1410. The van der Waals surface area contributed by atoms with Crippen LogP contribution in [0.2, 0.25) is 0 Å². The fraction of sp³-hybridized carbons (Fsp3) is 1.00. The van der Waals surface area contributed by atoms with Crippen LogP contribution < -0.4 is 54.4 Å². The van der Waals surface area contributed by atoms with Crippen molar-refractivity contribution in [1.82, 2.24) is 0 Å². The van der Waals surface area contributed by atoms with Crippen LogP contribution in [0.4, 0.5) is 123 Å². The third-order valence-electron chi connectivity index (χ3n) is 9.55. The fourth-order valence-electron chi connectivity index (χ4n) is 6.15. The molecule has 0 spiro atoms. The predicted octanol–water partition coefficient (Wildman–Crippen LogP) is 3.69. The van der Waals surface area contributed by atoms with Gasteiger partial charge in [-0.05, 0) is 49.0 Å². The van der Waals surface area contributed by atoms with Crippen LogP contribution in [0, 0.1) is 11.8 Å². The molecule has 0 aromatic carbocycles. The maximum absolute atomic E-state index is 14.1. The van der Waals surface area contributed by atoms with Crippen LogP contribution in [0.1, 0.15) is 51.4 Å². The number of aliphatic hydroxyl groups is 2. The number of aliphatic hydroxyl groups excluding tert-OH is 2. The van der Waals surface area contributed by atoms with E-state index in [-0.39, 0.29) is 95.2 Å². The SMILES string of the molecule is C[N+](C)(C)CC(O)CCl.C[N+](C)(C)CC(O)CSCCCC(CC(F)(C(F)(F)F)C(F)(F)F)CC(F)(C(F)(F)F)C(F)(F)F.FC(F)(F)C(F)(CC(CCCS)CC(F)(C(F)(F)F)C(F)(F)F)C(F)(F)F.O.[Cl-].[Cl-].[Na+].[OH-]. The molecule has 0 saturated carbocycles. The molecule has 0 aliphatic rings. The Balaban J connectivity index is -0.000000168. The van der Waals surface area contributed by atoms with E-state index in [1.807, 2.05) is 21.1 Å². The van der Waals surface area contributed by atoms with Crippen LogP contribution in [0.25, 0.3) is 0 Å². The topological polar surface area (TPSA) is 102 Å². The second-order valence-electron chi connectivity index (χ2n) is 18.2. The van der Waals surface area contributed by atoms with Crippen LogP contribution >= 0.6 is 36.0 Å². The number of alkyl halides is 29. The minimum Gasteiger partial charge on any atom is -1.00 e. The van der Waals surface area contributed by atoms with Crippen LogP contribution in [-0.2, 0) is 0 Å². The Hall–Kier alpha value is 0.370. The van der Waals surface area contributed by atoms with Crippen molar-refractivity contribution in [3.63, 3.8) is 0 Å². The van der Waals surface area contributed by atoms with Crippen molar-refractivity contribution in [3.8, 4) is 0 Å². The van der Waals surface area contributed by atoms with Crippen molar-refractivity contribution in [2.45, 2.75) is 136 Å². The number of hydrogen-bond acceptors (Lipinski definition) is 5.